The van der Waals surface area contributed by atoms with E-state index in [1.165, 1.54) is 19.6 Å². The van der Waals surface area contributed by atoms with Crippen LogP contribution < -0.4 is 10.1 Å². The molecule has 1 aromatic rings. The Kier molecular flexibility index (Phi) is 4.98. The third kappa shape index (κ3) is 3.62. The van der Waals surface area contributed by atoms with Crippen LogP contribution in [0.5, 0.6) is 5.75 Å². The van der Waals surface area contributed by atoms with E-state index in [1.54, 1.807) is 18.2 Å². The van der Waals surface area contributed by atoms with Gasteiger partial charge in [0.1, 0.15) is 5.75 Å². The Labute approximate surface area is 124 Å². The summed E-state index contributed by atoms with van der Waals surface area (Å²) < 4.78 is 5.29. The highest BCUT2D eigenvalue weighted by Gasteiger charge is 2.21. The van der Waals surface area contributed by atoms with Crippen molar-refractivity contribution in [1.29, 1.82) is 0 Å². The van der Waals surface area contributed by atoms with Crippen molar-refractivity contribution < 1.29 is 14.3 Å². The van der Waals surface area contributed by atoms with Crippen LogP contribution in [-0.4, -0.2) is 36.9 Å². The number of piperidine rings is 1. The molecule has 0 spiro atoms. The molecule has 5 heteroatoms. The Morgan fingerprint density at radius 2 is 2.00 bits per heavy atom. The van der Waals surface area contributed by atoms with Gasteiger partial charge in [0, 0.05) is 24.8 Å². The standard InChI is InChI=1S/C16H20N2O3/c1-3-15(19)17-12-7-8-13(14(11-12)21-2)16(20)18-9-5-4-6-10-18/h3,7-8,11H,1,4-6,9-10H2,2H3,(H,17,19). The van der Waals surface area contributed by atoms with E-state index >= 15 is 0 Å². The molecule has 112 valence electrons. The Hall–Kier alpha value is -2.30. The average molecular weight is 288 g/mol. The first-order valence-corrected chi connectivity index (χ1v) is 7.06. The number of rotatable bonds is 4. The number of nitrogens with one attached hydrogen (secondary N) is 1. The summed E-state index contributed by atoms with van der Waals surface area (Å²) in [5.74, 6) is 0.146. The van der Waals surface area contributed by atoms with Crippen molar-refractivity contribution in [3.05, 3.63) is 36.4 Å². The van der Waals surface area contributed by atoms with Gasteiger partial charge in [-0.1, -0.05) is 6.58 Å². The van der Waals surface area contributed by atoms with Gasteiger partial charge >= 0.3 is 0 Å². The summed E-state index contributed by atoms with van der Waals surface area (Å²) in [5, 5.41) is 2.65. The topological polar surface area (TPSA) is 58.6 Å². The number of hydrogen-bond donors (Lipinski definition) is 1. The third-order valence-electron chi connectivity index (χ3n) is 3.53. The summed E-state index contributed by atoms with van der Waals surface area (Å²) in [6, 6.07) is 5.04. The lowest BCUT2D eigenvalue weighted by Gasteiger charge is -2.27. The van der Waals surface area contributed by atoms with Crippen LogP contribution in [0.25, 0.3) is 0 Å². The number of ether oxygens (including phenoxy) is 1. The molecule has 1 fully saturated rings. The van der Waals surface area contributed by atoms with Gasteiger partial charge < -0.3 is 15.0 Å². The van der Waals surface area contributed by atoms with Gasteiger partial charge in [0.25, 0.3) is 5.91 Å². The number of anilines is 1. The number of carbonyl (C=O) groups excluding carboxylic acids is 2. The molecule has 2 amide bonds. The zero-order valence-electron chi connectivity index (χ0n) is 12.2. The molecule has 0 aromatic heterocycles. The summed E-state index contributed by atoms with van der Waals surface area (Å²) in [6.07, 6.45) is 4.45. The normalized spacial score (nSPS) is 14.4. The number of hydrogen-bond acceptors (Lipinski definition) is 3. The number of methoxy groups -OCH3 is 1. The zero-order valence-corrected chi connectivity index (χ0v) is 12.2. The van der Waals surface area contributed by atoms with Crippen LogP contribution in [0.15, 0.2) is 30.9 Å². The lowest BCUT2D eigenvalue weighted by molar-refractivity contribution is -0.111. The summed E-state index contributed by atoms with van der Waals surface area (Å²) in [4.78, 5) is 25.7. The maximum atomic E-state index is 12.5. The predicted octanol–water partition coefficient (Wildman–Crippen LogP) is 2.45. The Morgan fingerprint density at radius 1 is 1.29 bits per heavy atom. The van der Waals surface area contributed by atoms with Gasteiger partial charge in [-0.2, -0.15) is 0 Å². The van der Waals surface area contributed by atoms with Crippen molar-refractivity contribution >= 4 is 17.5 Å². The van der Waals surface area contributed by atoms with E-state index in [-0.39, 0.29) is 11.8 Å². The fourth-order valence-corrected chi connectivity index (χ4v) is 2.41. The van der Waals surface area contributed by atoms with Gasteiger partial charge in [-0.25, -0.2) is 0 Å². The molecule has 1 aliphatic rings. The Morgan fingerprint density at radius 3 is 2.62 bits per heavy atom. The molecule has 1 aliphatic heterocycles. The first-order valence-electron chi connectivity index (χ1n) is 7.06. The minimum absolute atomic E-state index is 0.0202. The molecule has 0 unspecified atom stereocenters. The maximum absolute atomic E-state index is 12.5. The lowest BCUT2D eigenvalue weighted by Crippen LogP contribution is -2.35. The SMILES string of the molecule is C=CC(=O)Nc1ccc(C(=O)N2CCCCC2)c(OC)c1. The highest BCUT2D eigenvalue weighted by atomic mass is 16.5. The summed E-state index contributed by atoms with van der Waals surface area (Å²) >= 11 is 0. The van der Waals surface area contributed by atoms with Crippen molar-refractivity contribution in [3.63, 3.8) is 0 Å². The van der Waals surface area contributed by atoms with Gasteiger partial charge in [-0.3, -0.25) is 9.59 Å². The van der Waals surface area contributed by atoms with Gasteiger partial charge in [0.2, 0.25) is 5.91 Å². The molecule has 0 bridgehead atoms. The van der Waals surface area contributed by atoms with E-state index in [1.807, 2.05) is 4.90 Å². The van der Waals surface area contributed by atoms with E-state index < -0.39 is 0 Å². The van der Waals surface area contributed by atoms with Crippen molar-refractivity contribution in [2.45, 2.75) is 19.3 Å². The molecule has 21 heavy (non-hydrogen) atoms. The first-order chi connectivity index (χ1) is 10.2. The van der Waals surface area contributed by atoms with E-state index in [9.17, 15) is 9.59 Å². The van der Waals surface area contributed by atoms with Crippen molar-refractivity contribution in [2.75, 3.05) is 25.5 Å². The smallest absolute Gasteiger partial charge is 0.257 e. The first kappa shape index (κ1) is 15.1. The zero-order chi connectivity index (χ0) is 15.2. The monoisotopic (exact) mass is 288 g/mol. The van der Waals surface area contributed by atoms with Crippen LogP contribution in [0.4, 0.5) is 5.69 Å². The molecule has 0 saturated carbocycles. The maximum Gasteiger partial charge on any atom is 0.257 e. The molecule has 0 radical (unpaired) electrons. The van der Waals surface area contributed by atoms with Gasteiger partial charge in [0.05, 0.1) is 12.7 Å². The minimum atomic E-state index is -0.299. The molecular weight excluding hydrogens is 268 g/mol. The van der Waals surface area contributed by atoms with Gasteiger partial charge in [-0.05, 0) is 37.5 Å². The average Bonchev–Trinajstić information content (AvgIpc) is 2.54. The number of amides is 2. The molecule has 1 aromatic carbocycles. The van der Waals surface area contributed by atoms with Crippen molar-refractivity contribution in [1.82, 2.24) is 4.90 Å². The molecule has 1 saturated heterocycles. The van der Waals surface area contributed by atoms with E-state index in [0.29, 0.717) is 17.0 Å². The van der Waals surface area contributed by atoms with Crippen LogP contribution in [0.3, 0.4) is 0 Å². The molecule has 0 atom stereocenters. The quantitative estimate of drug-likeness (QED) is 0.866. The van der Waals surface area contributed by atoms with Crippen molar-refractivity contribution in [2.24, 2.45) is 0 Å². The third-order valence-corrected chi connectivity index (χ3v) is 3.53. The Bertz CT molecular complexity index is 548. The summed E-state index contributed by atoms with van der Waals surface area (Å²) in [5.41, 5.74) is 1.10. The minimum Gasteiger partial charge on any atom is -0.496 e. The van der Waals surface area contributed by atoms with Crippen LogP contribution in [0.1, 0.15) is 29.6 Å². The lowest BCUT2D eigenvalue weighted by atomic mass is 10.1. The summed E-state index contributed by atoms with van der Waals surface area (Å²) in [7, 11) is 1.52. The molecule has 2 rings (SSSR count). The highest BCUT2D eigenvalue weighted by molar-refractivity contribution is 6.01. The Balaban J connectivity index is 2.20. The van der Waals surface area contributed by atoms with E-state index in [0.717, 1.165) is 25.9 Å². The number of carbonyl (C=O) groups is 2. The highest BCUT2D eigenvalue weighted by Crippen LogP contribution is 2.25. The van der Waals surface area contributed by atoms with Crippen LogP contribution in [0.2, 0.25) is 0 Å². The fourth-order valence-electron chi connectivity index (χ4n) is 2.41. The molecule has 1 N–H and O–H groups in total. The van der Waals surface area contributed by atoms with Crippen LogP contribution in [-0.2, 0) is 4.79 Å². The predicted molar refractivity (Wildman–Crippen MR) is 81.6 cm³/mol. The van der Waals surface area contributed by atoms with Crippen LogP contribution in [0, 0.1) is 0 Å². The van der Waals surface area contributed by atoms with E-state index in [4.69, 9.17) is 4.74 Å². The second-order valence-corrected chi connectivity index (χ2v) is 4.96. The second kappa shape index (κ2) is 6.92. The van der Waals surface area contributed by atoms with Crippen molar-refractivity contribution in [3.8, 4) is 5.75 Å². The molecule has 0 aliphatic carbocycles. The number of likely N-dealkylation sites (tertiary alicyclic amines) is 1. The van der Waals surface area contributed by atoms with Gasteiger partial charge in [0.15, 0.2) is 0 Å². The second-order valence-electron chi connectivity index (χ2n) is 4.96. The number of benzene rings is 1. The number of nitrogens with zero attached hydrogens (tertiary/aromatic N) is 1. The summed E-state index contributed by atoms with van der Waals surface area (Å²) in [6.45, 7) is 4.98. The molecule has 1 heterocycles. The van der Waals surface area contributed by atoms with Crippen LogP contribution >= 0.6 is 0 Å². The van der Waals surface area contributed by atoms with E-state index in [2.05, 4.69) is 11.9 Å². The fraction of sp³-hybridized carbons (Fsp3) is 0.375. The largest absolute Gasteiger partial charge is 0.496 e. The van der Waals surface area contributed by atoms with Gasteiger partial charge in [-0.15, -0.1) is 0 Å². The molecule has 5 nitrogen and oxygen atoms in total. The molecular formula is C16H20N2O3.